The van der Waals surface area contributed by atoms with E-state index >= 15 is 0 Å². The highest BCUT2D eigenvalue weighted by Gasteiger charge is 2.06. The Hall–Kier alpha value is -2.34. The molecule has 6 heteroatoms. The summed E-state index contributed by atoms with van der Waals surface area (Å²) in [5.74, 6) is 0.0260. The first-order chi connectivity index (χ1) is 11.1. The number of nitrogens with one attached hydrogen (secondary N) is 2. The van der Waals surface area contributed by atoms with Crippen LogP contribution >= 0.6 is 11.8 Å². The zero-order valence-corrected chi connectivity index (χ0v) is 13.2. The number of halogens is 1. The number of rotatable bonds is 6. The van der Waals surface area contributed by atoms with Crippen molar-refractivity contribution in [3.8, 4) is 0 Å². The van der Waals surface area contributed by atoms with Crippen LogP contribution in [-0.2, 0) is 21.8 Å². The molecule has 0 radical (unpaired) electrons. The second-order valence-corrected chi connectivity index (χ2v) is 5.86. The summed E-state index contributed by atoms with van der Waals surface area (Å²) in [5, 5.41) is 0. The maximum atomic E-state index is 12.8. The summed E-state index contributed by atoms with van der Waals surface area (Å²) in [6.45, 7) is 0. The molecule has 0 atom stereocenters. The van der Waals surface area contributed by atoms with Crippen LogP contribution in [0.15, 0.2) is 54.6 Å². The van der Waals surface area contributed by atoms with Gasteiger partial charge in [0.15, 0.2) is 0 Å². The minimum atomic E-state index is -0.349. The first-order valence-corrected chi connectivity index (χ1v) is 8.23. The topological polar surface area (TPSA) is 58.2 Å². The van der Waals surface area contributed by atoms with Crippen molar-refractivity contribution in [3.63, 3.8) is 0 Å². The van der Waals surface area contributed by atoms with Gasteiger partial charge < -0.3 is 0 Å². The van der Waals surface area contributed by atoms with Gasteiger partial charge in [-0.15, -0.1) is 11.8 Å². The molecular weight excluding hydrogens is 315 g/mol. The van der Waals surface area contributed by atoms with E-state index in [1.165, 1.54) is 36.0 Å². The summed E-state index contributed by atoms with van der Waals surface area (Å²) < 4.78 is 12.8. The van der Waals surface area contributed by atoms with Gasteiger partial charge in [0.25, 0.3) is 0 Å². The van der Waals surface area contributed by atoms with Crippen LogP contribution in [0.25, 0.3) is 0 Å². The molecule has 0 unspecified atom stereocenters. The molecule has 0 aliphatic carbocycles. The van der Waals surface area contributed by atoms with Gasteiger partial charge in [-0.2, -0.15) is 0 Å². The Bertz CT molecular complexity index is 647. The van der Waals surface area contributed by atoms with Gasteiger partial charge in [-0.25, -0.2) is 4.39 Å². The van der Waals surface area contributed by atoms with Crippen LogP contribution in [0.2, 0.25) is 0 Å². The van der Waals surface area contributed by atoms with E-state index in [0.29, 0.717) is 5.56 Å². The quantitative estimate of drug-likeness (QED) is 0.799. The highest BCUT2D eigenvalue weighted by Crippen LogP contribution is 2.10. The van der Waals surface area contributed by atoms with Crippen molar-refractivity contribution in [2.45, 2.75) is 12.2 Å². The summed E-state index contributed by atoms with van der Waals surface area (Å²) in [7, 11) is 0. The van der Waals surface area contributed by atoms with Gasteiger partial charge >= 0.3 is 0 Å². The highest BCUT2D eigenvalue weighted by atomic mass is 32.2. The van der Waals surface area contributed by atoms with Crippen LogP contribution in [0.4, 0.5) is 4.39 Å². The molecule has 0 bridgehead atoms. The standard InChI is InChI=1S/C17H17FN2O2S/c18-15-8-6-13(7-9-15)10-16(21)19-20-17(22)12-23-11-14-4-2-1-3-5-14/h1-9H,10-12H2,(H,19,21)(H,20,22). The van der Waals surface area contributed by atoms with Crippen LogP contribution in [0.5, 0.6) is 0 Å². The van der Waals surface area contributed by atoms with Gasteiger partial charge in [-0.3, -0.25) is 20.4 Å². The Labute approximate surface area is 138 Å². The second-order valence-electron chi connectivity index (χ2n) is 4.88. The van der Waals surface area contributed by atoms with Gasteiger partial charge in [0.05, 0.1) is 12.2 Å². The molecule has 0 aliphatic rings. The number of hydrazine groups is 1. The largest absolute Gasteiger partial charge is 0.273 e. The van der Waals surface area contributed by atoms with Crippen LogP contribution in [-0.4, -0.2) is 17.6 Å². The number of amides is 2. The van der Waals surface area contributed by atoms with E-state index in [0.717, 1.165) is 11.3 Å². The lowest BCUT2D eigenvalue weighted by atomic mass is 10.1. The Morgan fingerprint density at radius 1 is 0.870 bits per heavy atom. The second kappa shape index (κ2) is 8.95. The highest BCUT2D eigenvalue weighted by molar-refractivity contribution is 7.99. The average molecular weight is 332 g/mol. The van der Waals surface area contributed by atoms with E-state index in [4.69, 9.17) is 0 Å². The van der Waals surface area contributed by atoms with Gasteiger partial charge in [0, 0.05) is 5.75 Å². The Morgan fingerprint density at radius 2 is 1.52 bits per heavy atom. The molecule has 0 spiro atoms. The van der Waals surface area contributed by atoms with Crippen molar-refractivity contribution < 1.29 is 14.0 Å². The summed E-state index contributed by atoms with van der Waals surface area (Å²) in [6, 6.07) is 15.5. The molecule has 2 aromatic rings. The molecule has 4 nitrogen and oxygen atoms in total. The third-order valence-corrected chi connectivity index (χ3v) is 3.97. The third kappa shape index (κ3) is 6.52. The predicted molar refractivity (Wildman–Crippen MR) is 89.0 cm³/mol. The zero-order valence-electron chi connectivity index (χ0n) is 12.4. The van der Waals surface area contributed by atoms with E-state index in [1.54, 1.807) is 0 Å². The van der Waals surface area contributed by atoms with Crippen molar-refractivity contribution in [1.29, 1.82) is 0 Å². The van der Waals surface area contributed by atoms with Crippen molar-refractivity contribution in [2.24, 2.45) is 0 Å². The molecule has 2 N–H and O–H groups in total. The van der Waals surface area contributed by atoms with E-state index in [1.807, 2.05) is 30.3 Å². The molecule has 0 fully saturated rings. The number of hydrogen-bond donors (Lipinski definition) is 2. The molecule has 2 aromatic carbocycles. The molecule has 120 valence electrons. The van der Waals surface area contributed by atoms with Crippen molar-refractivity contribution >= 4 is 23.6 Å². The summed E-state index contributed by atoms with van der Waals surface area (Å²) in [4.78, 5) is 23.3. The van der Waals surface area contributed by atoms with Crippen LogP contribution in [0.1, 0.15) is 11.1 Å². The van der Waals surface area contributed by atoms with Crippen molar-refractivity contribution in [2.75, 3.05) is 5.75 Å². The van der Waals surface area contributed by atoms with E-state index in [2.05, 4.69) is 10.9 Å². The van der Waals surface area contributed by atoms with Gasteiger partial charge in [-0.1, -0.05) is 42.5 Å². The monoisotopic (exact) mass is 332 g/mol. The van der Waals surface area contributed by atoms with E-state index in [9.17, 15) is 14.0 Å². The lowest BCUT2D eigenvalue weighted by Crippen LogP contribution is -2.43. The fraction of sp³-hybridized carbons (Fsp3) is 0.176. The maximum Gasteiger partial charge on any atom is 0.248 e. The maximum absolute atomic E-state index is 12.8. The molecule has 2 amide bonds. The molecule has 23 heavy (non-hydrogen) atoms. The van der Waals surface area contributed by atoms with Crippen molar-refractivity contribution in [1.82, 2.24) is 10.9 Å². The van der Waals surface area contributed by atoms with Crippen LogP contribution in [0.3, 0.4) is 0 Å². The first-order valence-electron chi connectivity index (χ1n) is 7.07. The van der Waals surface area contributed by atoms with E-state index in [-0.39, 0.29) is 29.8 Å². The number of carbonyl (C=O) groups excluding carboxylic acids is 2. The Morgan fingerprint density at radius 3 is 2.22 bits per heavy atom. The smallest absolute Gasteiger partial charge is 0.248 e. The number of thioether (sulfide) groups is 1. The van der Waals surface area contributed by atoms with Gasteiger partial charge in [0.2, 0.25) is 11.8 Å². The summed E-state index contributed by atoms with van der Waals surface area (Å²) in [6.07, 6.45) is 0.0811. The molecule has 0 aromatic heterocycles. The molecular formula is C17H17FN2O2S. The number of hydrogen-bond acceptors (Lipinski definition) is 3. The lowest BCUT2D eigenvalue weighted by Gasteiger charge is -2.07. The fourth-order valence-corrected chi connectivity index (χ4v) is 2.63. The fourth-order valence-electron chi connectivity index (χ4n) is 1.84. The van der Waals surface area contributed by atoms with Crippen LogP contribution in [0, 0.1) is 5.82 Å². The molecule has 0 saturated carbocycles. The molecule has 0 saturated heterocycles. The molecule has 2 rings (SSSR count). The Kier molecular flexibility index (Phi) is 6.62. The molecule has 0 heterocycles. The average Bonchev–Trinajstić information content (AvgIpc) is 2.56. The first kappa shape index (κ1) is 17.0. The minimum absolute atomic E-state index is 0.0811. The zero-order chi connectivity index (χ0) is 16.5. The normalized spacial score (nSPS) is 10.1. The molecule has 0 aliphatic heterocycles. The predicted octanol–water partition coefficient (Wildman–Crippen LogP) is 2.45. The van der Waals surface area contributed by atoms with Crippen LogP contribution < -0.4 is 10.9 Å². The Balaban J connectivity index is 1.63. The van der Waals surface area contributed by atoms with Gasteiger partial charge in [0.1, 0.15) is 5.82 Å². The summed E-state index contributed by atoms with van der Waals surface area (Å²) in [5.41, 5.74) is 6.54. The lowest BCUT2D eigenvalue weighted by molar-refractivity contribution is -0.127. The number of carbonyl (C=O) groups is 2. The van der Waals surface area contributed by atoms with Gasteiger partial charge in [-0.05, 0) is 23.3 Å². The SMILES string of the molecule is O=C(CSCc1ccccc1)NNC(=O)Cc1ccc(F)cc1. The minimum Gasteiger partial charge on any atom is -0.273 e. The van der Waals surface area contributed by atoms with Crippen molar-refractivity contribution in [3.05, 3.63) is 71.5 Å². The van der Waals surface area contributed by atoms with E-state index < -0.39 is 0 Å². The third-order valence-electron chi connectivity index (χ3n) is 2.96. The summed E-state index contributed by atoms with van der Waals surface area (Å²) >= 11 is 1.47. The number of benzene rings is 2.